The summed E-state index contributed by atoms with van der Waals surface area (Å²) < 4.78 is 9.71. The van der Waals surface area contributed by atoms with Crippen molar-refractivity contribution >= 4 is 48.9 Å². The molecule has 0 bridgehead atoms. The molecule has 0 spiro atoms. The Hall–Kier alpha value is -1.08. The molecule has 144 valence electrons. The Kier molecular flexibility index (Phi) is 7.13. The number of rotatable bonds is 7. The van der Waals surface area contributed by atoms with Crippen LogP contribution in [0.15, 0.2) is 19.8 Å². The first-order valence-electron chi connectivity index (χ1n) is 8.88. The quantitative estimate of drug-likeness (QED) is 0.502. The molecule has 0 aliphatic rings. The highest BCUT2D eigenvalue weighted by molar-refractivity contribution is 9.11. The van der Waals surface area contributed by atoms with Crippen LogP contribution in [0.3, 0.4) is 0 Å². The first-order chi connectivity index (χ1) is 12.2. The molecule has 1 aromatic carbocycles. The summed E-state index contributed by atoms with van der Waals surface area (Å²) >= 11 is 7.02. The van der Waals surface area contributed by atoms with E-state index < -0.39 is 5.97 Å². The summed E-state index contributed by atoms with van der Waals surface area (Å²) in [6, 6.07) is 1.85. The molecule has 0 N–H and O–H groups in total. The molecule has 0 aliphatic carbocycles. The molecular formula is C19H26Br2N2O3. The number of hydrogen-bond donors (Lipinski definition) is 0. The van der Waals surface area contributed by atoms with E-state index in [1.54, 1.807) is 4.57 Å². The van der Waals surface area contributed by atoms with Crippen LogP contribution < -0.4 is 5.69 Å². The summed E-state index contributed by atoms with van der Waals surface area (Å²) in [4.78, 5) is 25.3. The lowest BCUT2D eigenvalue weighted by molar-refractivity contribution is 0.0599. The molecule has 0 aliphatic heterocycles. The Balaban J connectivity index is 2.75. The number of aromatic nitrogens is 2. The van der Waals surface area contributed by atoms with E-state index in [-0.39, 0.29) is 5.69 Å². The van der Waals surface area contributed by atoms with Crippen molar-refractivity contribution in [3.05, 3.63) is 31.1 Å². The third-order valence-corrected chi connectivity index (χ3v) is 5.84. The molecule has 2 aromatic rings. The number of imidazole rings is 1. The standard InChI is InChI=1S/C19H26Br2N2O3/c1-11(2)6-8-22-14-10-13(20)15(18(24)26-5)16(21)17(14)23(19(22)25)9-7-12(3)4/h10-12H,6-9H2,1-5H3. The largest absolute Gasteiger partial charge is 0.465 e. The van der Waals surface area contributed by atoms with Crippen molar-refractivity contribution in [1.29, 1.82) is 0 Å². The summed E-state index contributed by atoms with van der Waals surface area (Å²) in [6.45, 7) is 9.82. The van der Waals surface area contributed by atoms with Gasteiger partial charge in [-0.1, -0.05) is 27.7 Å². The third-order valence-electron chi connectivity index (χ3n) is 4.44. The Morgan fingerprint density at radius 2 is 1.62 bits per heavy atom. The number of carbonyl (C=O) groups is 1. The summed E-state index contributed by atoms with van der Waals surface area (Å²) in [5.41, 5.74) is 1.95. The number of methoxy groups -OCH3 is 1. The van der Waals surface area contributed by atoms with Crippen molar-refractivity contribution in [2.75, 3.05) is 7.11 Å². The Labute approximate surface area is 171 Å². The van der Waals surface area contributed by atoms with Crippen LogP contribution in [0, 0.1) is 11.8 Å². The van der Waals surface area contributed by atoms with Crippen molar-refractivity contribution in [3.63, 3.8) is 0 Å². The number of nitrogens with zero attached hydrogens (tertiary/aromatic N) is 2. The van der Waals surface area contributed by atoms with E-state index in [2.05, 4.69) is 59.6 Å². The minimum absolute atomic E-state index is 0.0316. The number of benzene rings is 1. The van der Waals surface area contributed by atoms with Crippen LogP contribution in [0.25, 0.3) is 11.0 Å². The average Bonchev–Trinajstić information content (AvgIpc) is 2.82. The molecule has 1 heterocycles. The topological polar surface area (TPSA) is 53.2 Å². The highest BCUT2D eigenvalue weighted by Gasteiger charge is 2.24. The van der Waals surface area contributed by atoms with Gasteiger partial charge in [-0.05, 0) is 62.6 Å². The third kappa shape index (κ3) is 4.25. The zero-order valence-corrected chi connectivity index (χ0v) is 19.1. The van der Waals surface area contributed by atoms with Crippen LogP contribution in [0.5, 0.6) is 0 Å². The fraction of sp³-hybridized carbons (Fsp3) is 0.579. The lowest BCUT2D eigenvalue weighted by atomic mass is 10.1. The molecule has 1 aromatic heterocycles. The van der Waals surface area contributed by atoms with Crippen LogP contribution in [-0.2, 0) is 17.8 Å². The van der Waals surface area contributed by atoms with Gasteiger partial charge in [0.15, 0.2) is 0 Å². The molecular weight excluding hydrogens is 464 g/mol. The first-order valence-corrected chi connectivity index (χ1v) is 10.5. The van der Waals surface area contributed by atoms with Crippen LogP contribution >= 0.6 is 31.9 Å². The van der Waals surface area contributed by atoms with Gasteiger partial charge < -0.3 is 4.74 Å². The monoisotopic (exact) mass is 488 g/mol. The van der Waals surface area contributed by atoms with Crippen LogP contribution in [0.1, 0.15) is 50.9 Å². The second-order valence-electron chi connectivity index (χ2n) is 7.36. The van der Waals surface area contributed by atoms with E-state index in [4.69, 9.17) is 4.74 Å². The van der Waals surface area contributed by atoms with Crippen LogP contribution in [-0.4, -0.2) is 22.2 Å². The highest BCUT2D eigenvalue weighted by atomic mass is 79.9. The summed E-state index contributed by atoms with van der Waals surface area (Å²) in [7, 11) is 1.35. The minimum Gasteiger partial charge on any atom is -0.465 e. The van der Waals surface area contributed by atoms with Gasteiger partial charge in [0.05, 0.1) is 28.2 Å². The highest BCUT2D eigenvalue weighted by Crippen LogP contribution is 2.34. The maximum absolute atomic E-state index is 13.1. The van der Waals surface area contributed by atoms with Crippen molar-refractivity contribution < 1.29 is 9.53 Å². The fourth-order valence-corrected chi connectivity index (χ4v) is 4.53. The number of halogens is 2. The zero-order valence-electron chi connectivity index (χ0n) is 15.9. The lowest BCUT2D eigenvalue weighted by Crippen LogP contribution is -2.25. The first kappa shape index (κ1) is 21.2. The molecule has 5 nitrogen and oxygen atoms in total. The molecule has 0 saturated heterocycles. The SMILES string of the molecule is COC(=O)c1c(Br)cc2c(c1Br)n(CCC(C)C)c(=O)n2CCC(C)C. The second-order valence-corrected chi connectivity index (χ2v) is 9.00. The molecule has 7 heteroatoms. The predicted octanol–water partition coefficient (Wildman–Crippen LogP) is 5.21. The minimum atomic E-state index is -0.441. The van der Waals surface area contributed by atoms with Crippen LogP contribution in [0.2, 0.25) is 0 Å². The van der Waals surface area contributed by atoms with Crippen molar-refractivity contribution in [2.45, 2.75) is 53.6 Å². The molecule has 2 rings (SSSR count). The smallest absolute Gasteiger partial charge is 0.340 e. The van der Waals surface area contributed by atoms with E-state index in [1.807, 2.05) is 10.6 Å². The van der Waals surface area contributed by atoms with Crippen molar-refractivity contribution in [3.8, 4) is 0 Å². The van der Waals surface area contributed by atoms with Gasteiger partial charge in [0.25, 0.3) is 0 Å². The van der Waals surface area contributed by atoms with E-state index in [1.165, 1.54) is 7.11 Å². The van der Waals surface area contributed by atoms with Gasteiger partial charge in [0.1, 0.15) is 0 Å². The van der Waals surface area contributed by atoms with Gasteiger partial charge in [-0.25, -0.2) is 9.59 Å². The van der Waals surface area contributed by atoms with Gasteiger partial charge in [0.2, 0.25) is 0 Å². The maximum atomic E-state index is 13.1. The summed E-state index contributed by atoms with van der Waals surface area (Å²) in [6.07, 6.45) is 1.80. The number of esters is 1. The summed E-state index contributed by atoms with van der Waals surface area (Å²) in [5, 5.41) is 0. The summed E-state index contributed by atoms with van der Waals surface area (Å²) in [5.74, 6) is 0.533. The molecule has 0 atom stereocenters. The van der Waals surface area contributed by atoms with Crippen molar-refractivity contribution in [1.82, 2.24) is 9.13 Å². The Bertz CT molecular complexity index is 866. The number of fused-ring (bicyclic) bond motifs is 1. The molecule has 0 amide bonds. The number of carbonyl (C=O) groups excluding carboxylic acids is 1. The Morgan fingerprint density at radius 1 is 1.08 bits per heavy atom. The van der Waals surface area contributed by atoms with Crippen LogP contribution in [0.4, 0.5) is 0 Å². The van der Waals surface area contributed by atoms with E-state index in [0.29, 0.717) is 39.4 Å². The van der Waals surface area contributed by atoms with Gasteiger partial charge in [-0.2, -0.15) is 0 Å². The average molecular weight is 490 g/mol. The second kappa shape index (κ2) is 8.74. The van der Waals surface area contributed by atoms with E-state index in [0.717, 1.165) is 23.9 Å². The molecule has 0 fully saturated rings. The molecule has 0 unspecified atom stereocenters. The lowest BCUT2D eigenvalue weighted by Gasteiger charge is -2.11. The van der Waals surface area contributed by atoms with Gasteiger partial charge >= 0.3 is 11.7 Å². The number of aryl methyl sites for hydroxylation is 2. The van der Waals surface area contributed by atoms with E-state index >= 15 is 0 Å². The Morgan fingerprint density at radius 3 is 2.12 bits per heavy atom. The molecule has 0 saturated carbocycles. The molecule has 26 heavy (non-hydrogen) atoms. The maximum Gasteiger partial charge on any atom is 0.340 e. The van der Waals surface area contributed by atoms with Crippen molar-refractivity contribution in [2.24, 2.45) is 11.8 Å². The number of hydrogen-bond acceptors (Lipinski definition) is 3. The van der Waals surface area contributed by atoms with Gasteiger partial charge in [-0.15, -0.1) is 0 Å². The van der Waals surface area contributed by atoms with Gasteiger partial charge in [-0.3, -0.25) is 9.13 Å². The fourth-order valence-electron chi connectivity index (χ4n) is 2.89. The zero-order chi connectivity index (χ0) is 19.6. The van der Waals surface area contributed by atoms with E-state index in [9.17, 15) is 9.59 Å². The van der Waals surface area contributed by atoms with Gasteiger partial charge in [0, 0.05) is 17.6 Å². The number of ether oxygens (including phenoxy) is 1. The normalized spacial score (nSPS) is 11.7. The predicted molar refractivity (Wildman–Crippen MR) is 112 cm³/mol. The molecule has 0 radical (unpaired) electrons.